The van der Waals surface area contributed by atoms with Crippen molar-refractivity contribution in [2.24, 2.45) is 5.73 Å². The number of hydrogen-bond acceptors (Lipinski definition) is 2. The van der Waals surface area contributed by atoms with Crippen molar-refractivity contribution in [3.05, 3.63) is 23.5 Å². The van der Waals surface area contributed by atoms with Gasteiger partial charge in [0, 0.05) is 19.8 Å². The Morgan fingerprint density at radius 2 is 2.00 bits per heavy atom. The minimum Gasteiger partial charge on any atom is -0.405 e. The van der Waals surface area contributed by atoms with E-state index in [0.29, 0.717) is 0 Å². The van der Waals surface area contributed by atoms with Crippen LogP contribution in [0.5, 0.6) is 0 Å². The number of nitrogens with two attached hydrogens (primary N) is 1. The molecule has 0 bridgehead atoms. The lowest BCUT2D eigenvalue weighted by Gasteiger charge is -2.16. The van der Waals surface area contributed by atoms with Crippen molar-refractivity contribution in [2.45, 2.75) is 20.3 Å². The molecule has 0 spiro atoms. The SMILES string of the molecule is CC/C(C)=C(\C=C/N)N(C)C. The highest BCUT2D eigenvalue weighted by Crippen LogP contribution is 2.10. The molecule has 0 rings (SSSR count). The van der Waals surface area contributed by atoms with Gasteiger partial charge in [0.05, 0.1) is 0 Å². The average Bonchev–Trinajstić information content (AvgIpc) is 1.98. The molecule has 0 aromatic rings. The highest BCUT2D eigenvalue weighted by atomic mass is 15.1. The minimum absolute atomic E-state index is 1.07. The molecule has 0 saturated heterocycles. The van der Waals surface area contributed by atoms with Crippen LogP contribution in [0.25, 0.3) is 0 Å². The summed E-state index contributed by atoms with van der Waals surface area (Å²) in [6.45, 7) is 4.26. The number of rotatable bonds is 3. The number of hydrogen-bond donors (Lipinski definition) is 1. The Hall–Kier alpha value is -0.920. The van der Waals surface area contributed by atoms with Gasteiger partial charge in [-0.15, -0.1) is 0 Å². The molecule has 0 atom stereocenters. The molecule has 0 aromatic heterocycles. The molecule has 0 aliphatic rings. The highest BCUT2D eigenvalue weighted by molar-refractivity contribution is 5.22. The summed E-state index contributed by atoms with van der Waals surface area (Å²) in [5.74, 6) is 0. The van der Waals surface area contributed by atoms with Gasteiger partial charge < -0.3 is 10.6 Å². The Labute approximate surface area is 69.4 Å². The summed E-state index contributed by atoms with van der Waals surface area (Å²) in [6.07, 6.45) is 4.57. The van der Waals surface area contributed by atoms with Crippen LogP contribution in [-0.2, 0) is 0 Å². The molecule has 0 heterocycles. The van der Waals surface area contributed by atoms with Crippen molar-refractivity contribution in [2.75, 3.05) is 14.1 Å². The summed E-state index contributed by atoms with van der Waals surface area (Å²) in [6, 6.07) is 0. The Bertz CT molecular complexity index is 166. The van der Waals surface area contributed by atoms with E-state index in [-0.39, 0.29) is 0 Å². The molecule has 0 unspecified atom stereocenters. The zero-order chi connectivity index (χ0) is 8.85. The Balaban J connectivity index is 4.57. The van der Waals surface area contributed by atoms with Crippen LogP contribution in [0.2, 0.25) is 0 Å². The molecule has 0 aliphatic heterocycles. The maximum absolute atomic E-state index is 5.32. The first-order chi connectivity index (χ1) is 5.13. The van der Waals surface area contributed by atoms with Gasteiger partial charge in [0.15, 0.2) is 0 Å². The molecule has 0 aromatic carbocycles. The molecule has 0 saturated carbocycles. The van der Waals surface area contributed by atoms with Crippen LogP contribution in [0, 0.1) is 0 Å². The van der Waals surface area contributed by atoms with Crippen molar-refractivity contribution in [3.63, 3.8) is 0 Å². The smallest absolute Gasteiger partial charge is 0.0364 e. The normalized spacial score (nSPS) is 13.5. The van der Waals surface area contributed by atoms with Crippen molar-refractivity contribution >= 4 is 0 Å². The second kappa shape index (κ2) is 4.83. The van der Waals surface area contributed by atoms with Crippen molar-refractivity contribution < 1.29 is 0 Å². The summed E-state index contributed by atoms with van der Waals surface area (Å²) in [7, 11) is 4.04. The van der Waals surface area contributed by atoms with Gasteiger partial charge in [-0.1, -0.05) is 12.5 Å². The lowest BCUT2D eigenvalue weighted by molar-refractivity contribution is 0.520. The van der Waals surface area contributed by atoms with Crippen LogP contribution < -0.4 is 5.73 Å². The molecule has 0 aliphatic carbocycles. The molecule has 2 nitrogen and oxygen atoms in total. The summed E-state index contributed by atoms with van der Waals surface area (Å²) in [5, 5.41) is 0. The molecule has 2 heteroatoms. The van der Waals surface area contributed by atoms with Crippen LogP contribution >= 0.6 is 0 Å². The van der Waals surface area contributed by atoms with Gasteiger partial charge in [-0.3, -0.25) is 0 Å². The maximum Gasteiger partial charge on any atom is 0.0364 e. The lowest BCUT2D eigenvalue weighted by atomic mass is 10.1. The van der Waals surface area contributed by atoms with Gasteiger partial charge in [-0.2, -0.15) is 0 Å². The van der Waals surface area contributed by atoms with Crippen LogP contribution in [0.3, 0.4) is 0 Å². The molecule has 0 amide bonds. The summed E-state index contributed by atoms with van der Waals surface area (Å²) in [4.78, 5) is 2.07. The number of allylic oxidation sites excluding steroid dienone is 2. The Morgan fingerprint density at radius 3 is 2.27 bits per heavy atom. The van der Waals surface area contributed by atoms with Crippen LogP contribution in [-0.4, -0.2) is 19.0 Å². The van der Waals surface area contributed by atoms with E-state index >= 15 is 0 Å². The van der Waals surface area contributed by atoms with Gasteiger partial charge in [-0.25, -0.2) is 0 Å². The zero-order valence-electron chi connectivity index (χ0n) is 7.89. The molecule has 64 valence electrons. The Morgan fingerprint density at radius 1 is 1.45 bits per heavy atom. The fourth-order valence-electron chi connectivity index (χ4n) is 0.945. The standard InChI is InChI=1S/C9H18N2/c1-5-8(2)9(6-7-10)11(3)4/h6-7H,5,10H2,1-4H3/b7-6-,9-8+. The second-order valence-corrected chi connectivity index (χ2v) is 2.77. The van der Waals surface area contributed by atoms with E-state index in [2.05, 4.69) is 18.7 Å². The van der Waals surface area contributed by atoms with Gasteiger partial charge in [-0.05, 0) is 25.6 Å². The van der Waals surface area contributed by atoms with Crippen molar-refractivity contribution in [1.82, 2.24) is 4.90 Å². The maximum atomic E-state index is 5.32. The summed E-state index contributed by atoms with van der Waals surface area (Å²) >= 11 is 0. The van der Waals surface area contributed by atoms with E-state index < -0.39 is 0 Å². The molecule has 0 fully saturated rings. The zero-order valence-corrected chi connectivity index (χ0v) is 7.89. The summed E-state index contributed by atoms with van der Waals surface area (Å²) in [5.41, 5.74) is 7.88. The third-order valence-corrected chi connectivity index (χ3v) is 1.70. The molecular weight excluding hydrogens is 136 g/mol. The largest absolute Gasteiger partial charge is 0.405 e. The van der Waals surface area contributed by atoms with E-state index in [1.165, 1.54) is 11.3 Å². The molecule has 2 N–H and O–H groups in total. The second-order valence-electron chi connectivity index (χ2n) is 2.77. The van der Waals surface area contributed by atoms with Gasteiger partial charge >= 0.3 is 0 Å². The van der Waals surface area contributed by atoms with Crippen LogP contribution in [0.15, 0.2) is 23.5 Å². The fourth-order valence-corrected chi connectivity index (χ4v) is 0.945. The first kappa shape index (κ1) is 10.1. The topological polar surface area (TPSA) is 29.3 Å². The monoisotopic (exact) mass is 154 g/mol. The Kier molecular flexibility index (Phi) is 4.42. The van der Waals surface area contributed by atoms with Gasteiger partial charge in [0.25, 0.3) is 0 Å². The summed E-state index contributed by atoms with van der Waals surface area (Å²) < 4.78 is 0. The van der Waals surface area contributed by atoms with E-state index in [1.807, 2.05) is 20.2 Å². The van der Waals surface area contributed by atoms with E-state index in [0.717, 1.165) is 6.42 Å². The molecule has 11 heavy (non-hydrogen) atoms. The number of likely N-dealkylation sites (N-methyl/N-ethyl adjacent to an activating group) is 1. The highest BCUT2D eigenvalue weighted by Gasteiger charge is 1.97. The minimum atomic E-state index is 1.07. The first-order valence-electron chi connectivity index (χ1n) is 3.88. The van der Waals surface area contributed by atoms with E-state index in [4.69, 9.17) is 5.73 Å². The lowest BCUT2D eigenvalue weighted by Crippen LogP contribution is -2.11. The van der Waals surface area contributed by atoms with Crippen LogP contribution in [0.4, 0.5) is 0 Å². The quantitative estimate of drug-likeness (QED) is 0.627. The number of nitrogens with zero attached hydrogens (tertiary/aromatic N) is 1. The van der Waals surface area contributed by atoms with E-state index in [9.17, 15) is 0 Å². The fraction of sp³-hybridized carbons (Fsp3) is 0.556. The predicted octanol–water partition coefficient (Wildman–Crippen LogP) is 1.70. The van der Waals surface area contributed by atoms with Crippen LogP contribution in [0.1, 0.15) is 20.3 Å². The van der Waals surface area contributed by atoms with Gasteiger partial charge in [0.2, 0.25) is 0 Å². The van der Waals surface area contributed by atoms with E-state index in [1.54, 1.807) is 6.20 Å². The van der Waals surface area contributed by atoms with Crippen molar-refractivity contribution in [1.29, 1.82) is 0 Å². The third-order valence-electron chi connectivity index (χ3n) is 1.70. The third kappa shape index (κ3) is 3.12. The predicted molar refractivity (Wildman–Crippen MR) is 50.0 cm³/mol. The molecule has 0 radical (unpaired) electrons. The van der Waals surface area contributed by atoms with Crippen molar-refractivity contribution in [3.8, 4) is 0 Å². The first-order valence-corrected chi connectivity index (χ1v) is 3.88. The van der Waals surface area contributed by atoms with Gasteiger partial charge in [0.1, 0.15) is 0 Å². The molecular formula is C9H18N2. The average molecular weight is 154 g/mol.